The highest BCUT2D eigenvalue weighted by atomic mass is 32.2. The summed E-state index contributed by atoms with van der Waals surface area (Å²) in [7, 11) is -2.03. The summed E-state index contributed by atoms with van der Waals surface area (Å²) in [5.41, 5.74) is 5.43. The van der Waals surface area contributed by atoms with E-state index in [0.29, 0.717) is 24.2 Å². The molecule has 0 saturated carbocycles. The summed E-state index contributed by atoms with van der Waals surface area (Å²) in [6.45, 7) is 11.0. The van der Waals surface area contributed by atoms with Crippen molar-refractivity contribution in [2.45, 2.75) is 52.5 Å². The molecule has 8 nitrogen and oxygen atoms in total. The van der Waals surface area contributed by atoms with E-state index in [9.17, 15) is 18.3 Å². The molecule has 2 N–H and O–H groups in total. The molecule has 0 aliphatic heterocycles. The molecule has 1 heterocycles. The van der Waals surface area contributed by atoms with Gasteiger partial charge in [-0.05, 0) is 82.0 Å². The fourth-order valence-electron chi connectivity index (χ4n) is 4.11. The van der Waals surface area contributed by atoms with Crippen LogP contribution in [-0.2, 0) is 23.0 Å². The zero-order valence-corrected chi connectivity index (χ0v) is 21.3. The topological polar surface area (TPSA) is 105 Å². The Balaban J connectivity index is 1.85. The van der Waals surface area contributed by atoms with Gasteiger partial charge in [-0.2, -0.15) is 5.10 Å². The number of anilines is 2. The first kappa shape index (κ1) is 25.3. The fraction of sp³-hybridized carbons (Fsp3) is 0.360. The van der Waals surface area contributed by atoms with E-state index in [2.05, 4.69) is 9.82 Å². The molecule has 0 aliphatic rings. The lowest BCUT2D eigenvalue weighted by Gasteiger charge is -2.22. The second kappa shape index (κ2) is 9.89. The minimum absolute atomic E-state index is 0.0290. The van der Waals surface area contributed by atoms with E-state index < -0.39 is 16.0 Å². The van der Waals surface area contributed by atoms with Crippen LogP contribution in [0.4, 0.5) is 11.4 Å². The quantitative estimate of drug-likeness (QED) is 0.469. The van der Waals surface area contributed by atoms with Crippen LogP contribution in [0.25, 0.3) is 0 Å². The summed E-state index contributed by atoms with van der Waals surface area (Å²) >= 11 is 0. The molecule has 1 aromatic heterocycles. The lowest BCUT2D eigenvalue weighted by molar-refractivity contribution is 0.0697. The smallest absolute Gasteiger partial charge is 0.337 e. The van der Waals surface area contributed by atoms with Gasteiger partial charge in [-0.1, -0.05) is 12.1 Å². The number of sulfonamides is 1. The van der Waals surface area contributed by atoms with Crippen molar-refractivity contribution in [1.82, 2.24) is 9.78 Å². The van der Waals surface area contributed by atoms with Crippen molar-refractivity contribution in [2.75, 3.05) is 23.2 Å². The van der Waals surface area contributed by atoms with Gasteiger partial charge in [-0.25, -0.2) is 13.2 Å². The molecule has 0 fully saturated rings. The second-order valence-electron chi connectivity index (χ2n) is 8.55. The highest BCUT2D eigenvalue weighted by Gasteiger charge is 2.20. The molecule has 0 aliphatic carbocycles. The second-order valence-corrected chi connectivity index (χ2v) is 10.2. The predicted molar refractivity (Wildman–Crippen MR) is 134 cm³/mol. The highest BCUT2D eigenvalue weighted by Crippen LogP contribution is 2.27. The van der Waals surface area contributed by atoms with Crippen molar-refractivity contribution in [1.29, 1.82) is 0 Å². The lowest BCUT2D eigenvalue weighted by Crippen LogP contribution is -2.23. The molecule has 34 heavy (non-hydrogen) atoms. The van der Waals surface area contributed by atoms with Gasteiger partial charge in [-0.15, -0.1) is 0 Å². The Morgan fingerprint density at radius 1 is 1.12 bits per heavy atom. The first-order valence-electron chi connectivity index (χ1n) is 11.2. The number of hydrogen-bond donors (Lipinski definition) is 2. The Morgan fingerprint density at radius 3 is 2.44 bits per heavy atom. The molecule has 0 amide bonds. The Bertz CT molecular complexity index is 1330. The molecule has 0 unspecified atom stereocenters. The predicted octanol–water partition coefficient (Wildman–Crippen LogP) is 4.31. The van der Waals surface area contributed by atoms with Crippen LogP contribution >= 0.6 is 0 Å². The molecule has 3 aromatic rings. The molecule has 0 radical (unpaired) electrons. The number of likely N-dealkylation sites (N-methyl/N-ethyl adjacent to an activating group) is 1. The minimum atomic E-state index is -3.86. The van der Waals surface area contributed by atoms with Crippen molar-refractivity contribution in [3.63, 3.8) is 0 Å². The van der Waals surface area contributed by atoms with Gasteiger partial charge in [0.2, 0.25) is 0 Å². The van der Waals surface area contributed by atoms with Crippen molar-refractivity contribution >= 4 is 27.4 Å². The van der Waals surface area contributed by atoms with Crippen LogP contribution in [0.15, 0.2) is 41.3 Å². The van der Waals surface area contributed by atoms with Gasteiger partial charge >= 0.3 is 5.97 Å². The third-order valence-electron chi connectivity index (χ3n) is 6.05. The minimum Gasteiger partial charge on any atom is -0.478 e. The molecule has 0 bridgehead atoms. The Morgan fingerprint density at radius 2 is 1.82 bits per heavy atom. The monoisotopic (exact) mass is 484 g/mol. The standard InChI is InChI=1S/C25H32N4O4S/c1-7-29-19(5)21(18(4)26-29)12-13-28(6)23-11-10-20(15-22(23)25(30)31)27-34(32,33)24-14-16(2)8-9-17(24)3/h8-11,14-15,27H,7,12-13H2,1-6H3,(H,30,31). The number of aromatic nitrogens is 2. The normalized spacial score (nSPS) is 11.5. The Kier molecular flexibility index (Phi) is 7.35. The number of carboxylic acid groups (broad SMARTS) is 1. The Labute approximate surface area is 201 Å². The molecule has 0 saturated heterocycles. The van der Waals surface area contributed by atoms with E-state index in [-0.39, 0.29) is 16.1 Å². The number of nitrogens with one attached hydrogen (secondary N) is 1. The summed E-state index contributed by atoms with van der Waals surface area (Å²) in [5, 5.41) is 14.4. The van der Waals surface area contributed by atoms with E-state index in [1.807, 2.05) is 50.4 Å². The maximum atomic E-state index is 12.9. The molecular weight excluding hydrogens is 452 g/mol. The van der Waals surface area contributed by atoms with Crippen molar-refractivity contribution in [3.8, 4) is 0 Å². The fourth-order valence-corrected chi connectivity index (χ4v) is 5.49. The van der Waals surface area contributed by atoms with Crippen LogP contribution in [0.3, 0.4) is 0 Å². The van der Waals surface area contributed by atoms with Gasteiger partial charge in [0.25, 0.3) is 10.0 Å². The van der Waals surface area contributed by atoms with Gasteiger partial charge < -0.3 is 10.0 Å². The molecule has 182 valence electrons. The van der Waals surface area contributed by atoms with Crippen LogP contribution in [0.5, 0.6) is 0 Å². The van der Waals surface area contributed by atoms with Crippen LogP contribution in [0.2, 0.25) is 0 Å². The first-order chi connectivity index (χ1) is 15.9. The first-order valence-corrected chi connectivity index (χ1v) is 12.6. The Hall–Kier alpha value is -3.33. The summed E-state index contributed by atoms with van der Waals surface area (Å²) < 4.78 is 30.4. The zero-order chi connectivity index (χ0) is 25.2. The van der Waals surface area contributed by atoms with Gasteiger partial charge in [0.1, 0.15) is 0 Å². The maximum absolute atomic E-state index is 12.9. The third kappa shape index (κ3) is 5.25. The molecule has 0 atom stereocenters. The lowest BCUT2D eigenvalue weighted by atomic mass is 10.1. The molecule has 0 spiro atoms. The van der Waals surface area contributed by atoms with Crippen molar-refractivity contribution < 1.29 is 18.3 Å². The largest absolute Gasteiger partial charge is 0.478 e. The number of carboxylic acids is 1. The van der Waals surface area contributed by atoms with E-state index in [4.69, 9.17) is 0 Å². The average Bonchev–Trinajstić information content (AvgIpc) is 3.05. The third-order valence-corrected chi connectivity index (χ3v) is 7.57. The zero-order valence-electron chi connectivity index (χ0n) is 20.5. The number of aromatic carboxylic acids is 1. The van der Waals surface area contributed by atoms with Crippen LogP contribution in [-0.4, -0.2) is 42.9 Å². The average molecular weight is 485 g/mol. The number of benzene rings is 2. The number of hydrogen-bond acceptors (Lipinski definition) is 5. The van der Waals surface area contributed by atoms with E-state index in [0.717, 1.165) is 29.1 Å². The van der Waals surface area contributed by atoms with Crippen molar-refractivity contribution in [2.24, 2.45) is 0 Å². The van der Waals surface area contributed by atoms with Gasteiger partial charge in [-0.3, -0.25) is 9.40 Å². The molecule has 3 rings (SSSR count). The van der Waals surface area contributed by atoms with E-state index >= 15 is 0 Å². The number of carbonyl (C=O) groups is 1. The highest BCUT2D eigenvalue weighted by molar-refractivity contribution is 7.92. The summed E-state index contributed by atoms with van der Waals surface area (Å²) in [6.07, 6.45) is 0.717. The van der Waals surface area contributed by atoms with Crippen molar-refractivity contribution in [3.05, 3.63) is 70.0 Å². The number of nitrogens with zero attached hydrogens (tertiary/aromatic N) is 3. The number of rotatable bonds is 9. The molecule has 9 heteroatoms. The van der Waals surface area contributed by atoms with Crippen LogP contribution in [0.1, 0.15) is 45.4 Å². The number of aryl methyl sites for hydroxylation is 4. The van der Waals surface area contributed by atoms with Gasteiger partial charge in [0.15, 0.2) is 0 Å². The summed E-state index contributed by atoms with van der Waals surface area (Å²) in [6, 6.07) is 9.78. The molecule has 2 aromatic carbocycles. The maximum Gasteiger partial charge on any atom is 0.337 e. The molecular formula is C25H32N4O4S. The van der Waals surface area contributed by atoms with Gasteiger partial charge in [0, 0.05) is 31.5 Å². The van der Waals surface area contributed by atoms with E-state index in [1.165, 1.54) is 6.07 Å². The summed E-state index contributed by atoms with van der Waals surface area (Å²) in [4.78, 5) is 14.1. The van der Waals surface area contributed by atoms with Gasteiger partial charge in [0.05, 0.1) is 21.8 Å². The van der Waals surface area contributed by atoms with Crippen LogP contribution < -0.4 is 9.62 Å². The SMILES string of the molecule is CCn1nc(C)c(CCN(C)c2ccc(NS(=O)(=O)c3cc(C)ccc3C)cc2C(=O)O)c1C. The summed E-state index contributed by atoms with van der Waals surface area (Å²) in [5.74, 6) is -1.12. The van der Waals surface area contributed by atoms with E-state index in [1.54, 1.807) is 31.2 Å². The van der Waals surface area contributed by atoms with Crippen LogP contribution in [0, 0.1) is 27.7 Å².